The van der Waals surface area contributed by atoms with E-state index in [1.165, 1.54) is 34.8 Å². The van der Waals surface area contributed by atoms with E-state index in [2.05, 4.69) is 48.6 Å². The Morgan fingerprint density at radius 1 is 0.472 bits per heavy atom. The Bertz CT molecular complexity index is 1560. The molecule has 0 bridgehead atoms. The van der Waals surface area contributed by atoms with Crippen LogP contribution in [-0.2, 0) is 19.7 Å². The lowest BCUT2D eigenvalue weighted by Crippen LogP contribution is -1.97. The molecular formula is C30H26O4S2. The Morgan fingerprint density at radius 2 is 0.806 bits per heavy atom. The van der Waals surface area contributed by atoms with Crippen LogP contribution in [0.15, 0.2) is 107 Å². The summed E-state index contributed by atoms with van der Waals surface area (Å²) in [6.07, 6.45) is 12.5. The van der Waals surface area contributed by atoms with Crippen LogP contribution >= 0.6 is 0 Å². The minimum absolute atomic E-state index is 0.329. The van der Waals surface area contributed by atoms with E-state index in [0.29, 0.717) is 9.79 Å². The van der Waals surface area contributed by atoms with E-state index in [0.717, 1.165) is 35.1 Å². The van der Waals surface area contributed by atoms with Crippen LogP contribution in [0.25, 0.3) is 22.3 Å². The second-order valence-corrected chi connectivity index (χ2v) is 13.3. The highest BCUT2D eigenvalue weighted by Gasteiger charge is 2.17. The van der Waals surface area contributed by atoms with Gasteiger partial charge in [0.15, 0.2) is 19.7 Å². The maximum atomic E-state index is 11.7. The fourth-order valence-electron chi connectivity index (χ4n) is 4.59. The molecule has 0 unspecified atom stereocenters. The molecule has 2 aliphatic rings. The maximum absolute atomic E-state index is 11.7. The predicted octanol–water partition coefficient (Wildman–Crippen LogP) is 6.24. The molecule has 3 aromatic rings. The summed E-state index contributed by atoms with van der Waals surface area (Å²) < 4.78 is 47.0. The van der Waals surface area contributed by atoms with Crippen molar-refractivity contribution < 1.29 is 16.8 Å². The van der Waals surface area contributed by atoms with Crippen LogP contribution in [0.4, 0.5) is 0 Å². The van der Waals surface area contributed by atoms with Gasteiger partial charge in [-0.2, -0.15) is 0 Å². The zero-order valence-electron chi connectivity index (χ0n) is 20.1. The first-order valence-corrected chi connectivity index (χ1v) is 15.4. The van der Waals surface area contributed by atoms with Crippen LogP contribution in [0.5, 0.6) is 0 Å². The third-order valence-corrected chi connectivity index (χ3v) is 8.90. The van der Waals surface area contributed by atoms with Crippen LogP contribution in [0.1, 0.15) is 35.1 Å². The molecule has 5 rings (SSSR count). The topological polar surface area (TPSA) is 68.3 Å². The van der Waals surface area contributed by atoms with Gasteiger partial charge < -0.3 is 0 Å². The molecule has 4 nitrogen and oxygen atoms in total. The lowest BCUT2D eigenvalue weighted by Gasteiger charge is -2.11. The highest BCUT2D eigenvalue weighted by molar-refractivity contribution is 7.91. The van der Waals surface area contributed by atoms with Gasteiger partial charge in [0, 0.05) is 12.5 Å². The second-order valence-electron chi connectivity index (χ2n) is 9.30. The van der Waals surface area contributed by atoms with E-state index in [1.54, 1.807) is 24.3 Å². The quantitative estimate of drug-likeness (QED) is 0.391. The van der Waals surface area contributed by atoms with E-state index in [9.17, 15) is 16.8 Å². The van der Waals surface area contributed by atoms with Gasteiger partial charge in [-0.05, 0) is 87.7 Å². The Kier molecular flexibility index (Phi) is 6.18. The standard InChI is InChI=1S/C30H26O4S2/c1-35(31,32)29-14-10-21(11-15-29)25-6-8-27(19-25)23-4-3-5-24(18-23)28-9-7-26(20-28)22-12-16-30(17-13-22)36(2,33)34/h3-18H,19-20H2,1-2H3. The Balaban J connectivity index is 1.27. The SMILES string of the molecule is CS(=O)(=O)c1ccc(C2=CC=C(c3cccc(C4=CC=C(c5ccc(S(C)(=O)=O)cc5)C4)c3)C2)cc1. The van der Waals surface area contributed by atoms with Crippen LogP contribution in [0.2, 0.25) is 0 Å². The van der Waals surface area contributed by atoms with Crippen LogP contribution in [-0.4, -0.2) is 29.3 Å². The molecule has 0 spiro atoms. The molecule has 2 aliphatic carbocycles. The summed E-state index contributed by atoms with van der Waals surface area (Å²) in [6, 6.07) is 22.7. The Labute approximate surface area is 212 Å². The lowest BCUT2D eigenvalue weighted by molar-refractivity contribution is 0.600. The van der Waals surface area contributed by atoms with Gasteiger partial charge in [0.05, 0.1) is 9.79 Å². The van der Waals surface area contributed by atoms with Crippen LogP contribution in [0, 0.1) is 0 Å². The Morgan fingerprint density at radius 3 is 1.14 bits per heavy atom. The van der Waals surface area contributed by atoms with Crippen molar-refractivity contribution in [3.63, 3.8) is 0 Å². The molecule has 36 heavy (non-hydrogen) atoms. The average Bonchev–Trinajstić information content (AvgIpc) is 3.54. The van der Waals surface area contributed by atoms with E-state index in [4.69, 9.17) is 0 Å². The first-order valence-electron chi connectivity index (χ1n) is 11.6. The van der Waals surface area contributed by atoms with Crippen LogP contribution < -0.4 is 0 Å². The molecule has 182 valence electrons. The van der Waals surface area contributed by atoms with Gasteiger partial charge >= 0.3 is 0 Å². The summed E-state index contributed by atoms with van der Waals surface area (Å²) in [5, 5.41) is 0. The van der Waals surface area contributed by atoms with Gasteiger partial charge in [-0.3, -0.25) is 0 Å². The summed E-state index contributed by atoms with van der Waals surface area (Å²) in [4.78, 5) is 0.657. The Hall–Kier alpha value is -3.48. The largest absolute Gasteiger partial charge is 0.224 e. The summed E-state index contributed by atoms with van der Waals surface area (Å²) in [7, 11) is -6.41. The molecule has 0 amide bonds. The molecule has 0 heterocycles. The van der Waals surface area contributed by atoms with Gasteiger partial charge in [0.1, 0.15) is 0 Å². The molecular weight excluding hydrogens is 488 g/mol. The third-order valence-electron chi connectivity index (χ3n) is 6.64. The minimum Gasteiger partial charge on any atom is -0.224 e. The van der Waals surface area contributed by atoms with Gasteiger partial charge in [0.25, 0.3) is 0 Å². The average molecular weight is 515 g/mol. The van der Waals surface area contributed by atoms with Gasteiger partial charge in [-0.15, -0.1) is 0 Å². The fraction of sp³-hybridized carbons (Fsp3) is 0.133. The maximum Gasteiger partial charge on any atom is 0.175 e. The smallest absolute Gasteiger partial charge is 0.175 e. The zero-order valence-corrected chi connectivity index (χ0v) is 21.7. The summed E-state index contributed by atoms with van der Waals surface area (Å²) in [5.41, 5.74) is 9.16. The van der Waals surface area contributed by atoms with Gasteiger partial charge in [-0.25, -0.2) is 16.8 Å². The van der Waals surface area contributed by atoms with Crippen molar-refractivity contribution in [2.45, 2.75) is 22.6 Å². The molecule has 0 aliphatic heterocycles. The van der Waals surface area contributed by atoms with Gasteiger partial charge in [-0.1, -0.05) is 66.8 Å². The van der Waals surface area contributed by atoms with E-state index in [-0.39, 0.29) is 0 Å². The van der Waals surface area contributed by atoms with Crippen molar-refractivity contribution in [2.24, 2.45) is 0 Å². The second kappa shape index (κ2) is 9.19. The van der Waals surface area contributed by atoms with Gasteiger partial charge in [0.2, 0.25) is 0 Å². The molecule has 0 fully saturated rings. The highest BCUT2D eigenvalue weighted by atomic mass is 32.2. The number of hydrogen-bond acceptors (Lipinski definition) is 4. The predicted molar refractivity (Wildman–Crippen MR) is 147 cm³/mol. The molecule has 3 aromatic carbocycles. The zero-order chi connectivity index (χ0) is 25.5. The molecule has 0 saturated heterocycles. The minimum atomic E-state index is -3.21. The number of hydrogen-bond donors (Lipinski definition) is 0. The van der Waals surface area contributed by atoms with E-state index in [1.807, 2.05) is 24.3 Å². The van der Waals surface area contributed by atoms with Crippen molar-refractivity contribution in [2.75, 3.05) is 12.5 Å². The van der Waals surface area contributed by atoms with Crippen molar-refractivity contribution in [3.05, 3.63) is 119 Å². The summed E-state index contributed by atoms with van der Waals surface area (Å²) in [5.74, 6) is 0. The number of benzene rings is 3. The van der Waals surface area contributed by atoms with E-state index >= 15 is 0 Å². The number of sulfone groups is 2. The summed E-state index contributed by atoms with van der Waals surface area (Å²) >= 11 is 0. The molecule has 0 atom stereocenters. The third kappa shape index (κ3) is 5.06. The number of allylic oxidation sites excluding steroid dienone is 8. The summed E-state index contributed by atoms with van der Waals surface area (Å²) in [6.45, 7) is 0. The fourth-order valence-corrected chi connectivity index (χ4v) is 5.85. The first kappa shape index (κ1) is 24.2. The monoisotopic (exact) mass is 514 g/mol. The molecule has 0 saturated carbocycles. The first-order chi connectivity index (χ1) is 17.1. The van der Waals surface area contributed by atoms with Crippen molar-refractivity contribution in [1.29, 1.82) is 0 Å². The van der Waals surface area contributed by atoms with Crippen molar-refractivity contribution in [3.8, 4) is 0 Å². The van der Waals surface area contributed by atoms with Crippen molar-refractivity contribution in [1.82, 2.24) is 0 Å². The molecule has 0 aromatic heterocycles. The van der Waals surface area contributed by atoms with E-state index < -0.39 is 19.7 Å². The highest BCUT2D eigenvalue weighted by Crippen LogP contribution is 2.38. The molecule has 0 N–H and O–H groups in total. The van der Waals surface area contributed by atoms with Crippen LogP contribution in [0.3, 0.4) is 0 Å². The normalized spacial score (nSPS) is 15.8. The van der Waals surface area contributed by atoms with Crippen molar-refractivity contribution >= 4 is 42.0 Å². The number of rotatable bonds is 6. The lowest BCUT2D eigenvalue weighted by atomic mass is 9.94. The molecule has 6 heteroatoms. The molecule has 0 radical (unpaired) electrons.